The van der Waals surface area contributed by atoms with Gasteiger partial charge in [0.05, 0.1) is 5.56 Å². The Balaban J connectivity index is 1.40. The minimum absolute atomic E-state index is 0.00854. The second kappa shape index (κ2) is 7.96. The molecule has 1 aromatic carbocycles. The number of benzene rings is 1. The van der Waals surface area contributed by atoms with E-state index in [0.717, 1.165) is 46.7 Å². The van der Waals surface area contributed by atoms with Gasteiger partial charge < -0.3 is 15.1 Å². The molecule has 1 amide bonds. The number of thiophene rings is 1. The van der Waals surface area contributed by atoms with Gasteiger partial charge in [0, 0.05) is 15.5 Å². The first kappa shape index (κ1) is 21.6. The van der Waals surface area contributed by atoms with Crippen molar-refractivity contribution in [2.75, 3.05) is 5.32 Å². The first-order valence-corrected chi connectivity index (χ1v) is 12.5. The van der Waals surface area contributed by atoms with Crippen LogP contribution in [0.3, 0.4) is 0 Å². The molecule has 4 nitrogen and oxygen atoms in total. The SMILES string of the molecule is CCC(C)(C)[C@H]1CCc2c(sc3c2C(=O)N[C@H](c2ccc(-c4ccc(C)c(Cl)c4)o2)N3)C1. The molecule has 3 aromatic rings. The van der Waals surface area contributed by atoms with E-state index in [0.29, 0.717) is 22.1 Å². The highest BCUT2D eigenvalue weighted by molar-refractivity contribution is 7.16. The largest absolute Gasteiger partial charge is 0.457 e. The Morgan fingerprint density at radius 2 is 2.03 bits per heavy atom. The van der Waals surface area contributed by atoms with Crippen LogP contribution in [0.15, 0.2) is 34.7 Å². The van der Waals surface area contributed by atoms with Gasteiger partial charge in [-0.1, -0.05) is 50.9 Å². The van der Waals surface area contributed by atoms with E-state index in [9.17, 15) is 4.79 Å². The fourth-order valence-corrected chi connectivity index (χ4v) is 6.34. The molecule has 0 radical (unpaired) electrons. The van der Waals surface area contributed by atoms with Crippen LogP contribution in [0.25, 0.3) is 11.3 Å². The molecular weight excluding hydrogens is 440 g/mol. The number of aryl methyl sites for hydroxylation is 1. The molecule has 3 heterocycles. The molecule has 0 fully saturated rings. The second-order valence-electron chi connectivity index (χ2n) is 9.71. The Bertz CT molecular complexity index is 1190. The lowest BCUT2D eigenvalue weighted by Crippen LogP contribution is -2.38. The molecule has 1 aliphatic carbocycles. The predicted molar refractivity (Wildman–Crippen MR) is 132 cm³/mol. The standard InChI is InChI=1S/C26H29ClN2O2S/c1-5-26(3,4)16-8-9-17-21(13-16)32-25-22(17)24(30)28-23(29-25)20-11-10-19(31-20)15-7-6-14(2)18(27)12-15/h6-7,10-12,16,23,29H,5,8-9,13H2,1-4H3,(H,28,30)/t16-,23-/m0/s1. The molecule has 32 heavy (non-hydrogen) atoms. The monoisotopic (exact) mass is 468 g/mol. The second-order valence-corrected chi connectivity index (χ2v) is 11.2. The summed E-state index contributed by atoms with van der Waals surface area (Å²) in [7, 11) is 0. The normalized spacial score (nSPS) is 20.3. The fourth-order valence-electron chi connectivity index (χ4n) is 4.81. The molecule has 0 spiro atoms. The zero-order chi connectivity index (χ0) is 22.6. The molecule has 0 saturated heterocycles. The van der Waals surface area contributed by atoms with E-state index in [4.69, 9.17) is 16.0 Å². The summed E-state index contributed by atoms with van der Waals surface area (Å²) in [5, 5.41) is 8.30. The zero-order valence-corrected chi connectivity index (χ0v) is 20.5. The maximum absolute atomic E-state index is 13.1. The van der Waals surface area contributed by atoms with E-state index in [1.165, 1.54) is 16.9 Å². The van der Waals surface area contributed by atoms with Crippen molar-refractivity contribution in [1.82, 2.24) is 5.32 Å². The Morgan fingerprint density at radius 1 is 1.22 bits per heavy atom. The van der Waals surface area contributed by atoms with Gasteiger partial charge in [-0.05, 0) is 66.8 Å². The van der Waals surface area contributed by atoms with Gasteiger partial charge in [-0.25, -0.2) is 0 Å². The van der Waals surface area contributed by atoms with E-state index < -0.39 is 0 Å². The topological polar surface area (TPSA) is 54.3 Å². The predicted octanol–water partition coefficient (Wildman–Crippen LogP) is 7.37. The molecule has 1 aliphatic heterocycles. The minimum atomic E-state index is -0.382. The zero-order valence-electron chi connectivity index (χ0n) is 19.0. The first-order valence-electron chi connectivity index (χ1n) is 11.3. The van der Waals surface area contributed by atoms with Crippen LogP contribution in [-0.2, 0) is 12.8 Å². The van der Waals surface area contributed by atoms with Crippen LogP contribution >= 0.6 is 22.9 Å². The smallest absolute Gasteiger partial charge is 0.256 e. The molecule has 0 bridgehead atoms. The summed E-state index contributed by atoms with van der Waals surface area (Å²) < 4.78 is 6.11. The Hall–Kier alpha value is -2.24. The van der Waals surface area contributed by atoms with Crippen molar-refractivity contribution in [3.05, 3.63) is 62.7 Å². The van der Waals surface area contributed by atoms with Crippen LogP contribution in [0.2, 0.25) is 5.02 Å². The van der Waals surface area contributed by atoms with Crippen molar-refractivity contribution in [3.8, 4) is 11.3 Å². The first-order chi connectivity index (χ1) is 15.3. The number of hydrogen-bond acceptors (Lipinski definition) is 4. The number of carbonyl (C=O) groups is 1. The Labute approximate surface area is 198 Å². The summed E-state index contributed by atoms with van der Waals surface area (Å²) in [5.74, 6) is 2.07. The summed E-state index contributed by atoms with van der Waals surface area (Å²) in [6.07, 6.45) is 3.98. The van der Waals surface area contributed by atoms with Gasteiger partial charge in [0.1, 0.15) is 16.5 Å². The van der Waals surface area contributed by atoms with E-state index in [1.54, 1.807) is 11.3 Å². The molecule has 0 unspecified atom stereocenters. The van der Waals surface area contributed by atoms with Crippen LogP contribution in [0.1, 0.15) is 71.9 Å². The van der Waals surface area contributed by atoms with Crippen molar-refractivity contribution in [2.45, 2.75) is 59.5 Å². The van der Waals surface area contributed by atoms with E-state index in [2.05, 4.69) is 31.4 Å². The molecule has 2 atom stereocenters. The van der Waals surface area contributed by atoms with Crippen LogP contribution in [0.4, 0.5) is 5.00 Å². The van der Waals surface area contributed by atoms with Crippen LogP contribution in [-0.4, -0.2) is 5.91 Å². The lowest BCUT2D eigenvalue weighted by atomic mass is 9.69. The van der Waals surface area contributed by atoms with Crippen molar-refractivity contribution >= 4 is 33.8 Å². The Morgan fingerprint density at radius 3 is 2.78 bits per heavy atom. The summed E-state index contributed by atoms with van der Waals surface area (Å²) in [5.41, 5.74) is 4.36. The van der Waals surface area contributed by atoms with Crippen LogP contribution < -0.4 is 10.6 Å². The van der Waals surface area contributed by atoms with Gasteiger partial charge in [-0.15, -0.1) is 11.3 Å². The number of amides is 1. The number of fused-ring (bicyclic) bond motifs is 3. The molecule has 2 aliphatic rings. The van der Waals surface area contributed by atoms with Crippen LogP contribution in [0.5, 0.6) is 0 Å². The molecule has 2 N–H and O–H groups in total. The van der Waals surface area contributed by atoms with E-state index >= 15 is 0 Å². The number of rotatable bonds is 4. The average Bonchev–Trinajstić information content (AvgIpc) is 3.40. The number of hydrogen-bond donors (Lipinski definition) is 2. The molecule has 168 valence electrons. The number of carbonyl (C=O) groups excluding carboxylic acids is 1. The molecule has 6 heteroatoms. The highest BCUT2D eigenvalue weighted by atomic mass is 35.5. The summed E-state index contributed by atoms with van der Waals surface area (Å²) in [6, 6.07) is 9.73. The van der Waals surface area contributed by atoms with Gasteiger partial charge in [0.25, 0.3) is 5.91 Å². The molecule has 5 rings (SSSR count). The lowest BCUT2D eigenvalue weighted by molar-refractivity contribution is 0.0930. The third-order valence-electron chi connectivity index (χ3n) is 7.43. The Kier molecular flexibility index (Phi) is 5.37. The van der Waals surface area contributed by atoms with Gasteiger partial charge in [-0.2, -0.15) is 0 Å². The molecular formula is C26H29ClN2O2S. The maximum Gasteiger partial charge on any atom is 0.256 e. The molecule has 2 aromatic heterocycles. The average molecular weight is 469 g/mol. The highest BCUT2D eigenvalue weighted by Crippen LogP contribution is 2.47. The van der Waals surface area contributed by atoms with Crippen molar-refractivity contribution in [1.29, 1.82) is 0 Å². The summed E-state index contributed by atoms with van der Waals surface area (Å²) >= 11 is 8.03. The number of halogens is 1. The van der Waals surface area contributed by atoms with Crippen LogP contribution in [0, 0.1) is 18.3 Å². The third kappa shape index (κ3) is 3.65. The minimum Gasteiger partial charge on any atom is -0.457 e. The van der Waals surface area contributed by atoms with Crippen molar-refractivity contribution < 1.29 is 9.21 Å². The maximum atomic E-state index is 13.1. The van der Waals surface area contributed by atoms with E-state index in [1.807, 2.05) is 37.3 Å². The van der Waals surface area contributed by atoms with Gasteiger partial charge in [0.2, 0.25) is 0 Å². The van der Waals surface area contributed by atoms with E-state index in [-0.39, 0.29) is 12.1 Å². The number of nitrogens with one attached hydrogen (secondary N) is 2. The third-order valence-corrected chi connectivity index (χ3v) is 9.02. The quantitative estimate of drug-likeness (QED) is 0.420. The van der Waals surface area contributed by atoms with Gasteiger partial charge in [0.15, 0.2) is 6.17 Å². The number of furan rings is 1. The van der Waals surface area contributed by atoms with Gasteiger partial charge in [-0.3, -0.25) is 4.79 Å². The lowest BCUT2D eigenvalue weighted by Gasteiger charge is -2.36. The number of anilines is 1. The highest BCUT2D eigenvalue weighted by Gasteiger charge is 2.37. The summed E-state index contributed by atoms with van der Waals surface area (Å²) in [4.78, 5) is 14.5. The fraction of sp³-hybridized carbons (Fsp3) is 0.423. The molecule has 0 saturated carbocycles. The summed E-state index contributed by atoms with van der Waals surface area (Å²) in [6.45, 7) is 8.99. The van der Waals surface area contributed by atoms with Crippen molar-refractivity contribution in [2.24, 2.45) is 11.3 Å². The van der Waals surface area contributed by atoms with Gasteiger partial charge >= 0.3 is 0 Å². The van der Waals surface area contributed by atoms with Crippen molar-refractivity contribution in [3.63, 3.8) is 0 Å².